The molecule has 0 bridgehead atoms. The molecular formula is C23H17ClF3N7O2S. The molecule has 190 valence electrons. The molecule has 9 nitrogen and oxygen atoms in total. The smallest absolute Gasteiger partial charge is 0.324 e. The van der Waals surface area contributed by atoms with Crippen molar-refractivity contribution in [3.05, 3.63) is 95.6 Å². The second kappa shape index (κ2) is 9.48. The Labute approximate surface area is 215 Å². The molecule has 2 aromatic carbocycles. The Morgan fingerprint density at radius 3 is 2.49 bits per heavy atom. The van der Waals surface area contributed by atoms with E-state index in [-0.39, 0.29) is 23.1 Å². The molecular weight excluding hydrogens is 531 g/mol. The van der Waals surface area contributed by atoms with Crippen molar-refractivity contribution in [2.24, 2.45) is 7.05 Å². The van der Waals surface area contributed by atoms with E-state index in [0.29, 0.717) is 34.4 Å². The first-order valence-corrected chi connectivity index (χ1v) is 12.0. The van der Waals surface area contributed by atoms with E-state index in [9.17, 15) is 22.8 Å². The van der Waals surface area contributed by atoms with E-state index in [1.807, 2.05) is 0 Å². The molecule has 0 amide bonds. The fourth-order valence-corrected chi connectivity index (χ4v) is 4.60. The van der Waals surface area contributed by atoms with Gasteiger partial charge in [0.2, 0.25) is 5.95 Å². The summed E-state index contributed by atoms with van der Waals surface area (Å²) in [6.45, 7) is 1.04. The lowest BCUT2D eigenvalue weighted by Crippen LogP contribution is -2.43. The molecule has 0 aliphatic rings. The number of nitrogens with zero attached hydrogens (tertiary/aromatic N) is 6. The van der Waals surface area contributed by atoms with Crippen molar-refractivity contribution in [2.45, 2.75) is 20.0 Å². The van der Waals surface area contributed by atoms with E-state index in [0.717, 1.165) is 14.1 Å². The summed E-state index contributed by atoms with van der Waals surface area (Å²) in [5.74, 6) is -4.00. The number of benzene rings is 2. The maximum atomic E-state index is 14.5. The van der Waals surface area contributed by atoms with Crippen LogP contribution in [0.5, 0.6) is 0 Å². The second-order valence-electron chi connectivity index (χ2n) is 8.21. The number of thiazole rings is 1. The van der Waals surface area contributed by atoms with Crippen LogP contribution in [-0.4, -0.2) is 28.9 Å². The molecule has 1 N–H and O–H groups in total. The van der Waals surface area contributed by atoms with Crippen LogP contribution >= 0.6 is 22.9 Å². The van der Waals surface area contributed by atoms with E-state index < -0.39 is 35.4 Å². The summed E-state index contributed by atoms with van der Waals surface area (Å²) < 4.78 is 45.3. The van der Waals surface area contributed by atoms with Crippen molar-refractivity contribution in [2.75, 3.05) is 5.32 Å². The van der Waals surface area contributed by atoms with E-state index >= 15 is 0 Å². The van der Waals surface area contributed by atoms with Gasteiger partial charge in [0, 0.05) is 35.6 Å². The van der Waals surface area contributed by atoms with Gasteiger partial charge in [-0.3, -0.25) is 9.25 Å². The van der Waals surface area contributed by atoms with Crippen LogP contribution in [0.1, 0.15) is 16.3 Å². The average molecular weight is 548 g/mol. The number of aromatic nitrogens is 6. The predicted molar refractivity (Wildman–Crippen MR) is 133 cm³/mol. The Kier molecular flexibility index (Phi) is 6.33. The number of rotatable bonds is 6. The average Bonchev–Trinajstić information content (AvgIpc) is 3.40. The normalized spacial score (nSPS) is 11.4. The molecule has 5 rings (SSSR count). The zero-order valence-electron chi connectivity index (χ0n) is 19.3. The molecule has 3 aromatic heterocycles. The van der Waals surface area contributed by atoms with Crippen molar-refractivity contribution in [1.82, 2.24) is 28.9 Å². The molecule has 0 atom stereocenters. The lowest BCUT2D eigenvalue weighted by atomic mass is 10.2. The summed E-state index contributed by atoms with van der Waals surface area (Å²) in [6.07, 6.45) is 1.74. The highest BCUT2D eigenvalue weighted by atomic mass is 35.5. The summed E-state index contributed by atoms with van der Waals surface area (Å²) in [4.78, 5) is 34.6. The second-order valence-corrected chi connectivity index (χ2v) is 9.68. The van der Waals surface area contributed by atoms with Gasteiger partial charge in [0.1, 0.15) is 5.82 Å². The van der Waals surface area contributed by atoms with E-state index in [4.69, 9.17) is 11.6 Å². The van der Waals surface area contributed by atoms with Gasteiger partial charge in [0.05, 0.1) is 40.0 Å². The highest BCUT2D eigenvalue weighted by molar-refractivity contribution is 7.09. The van der Waals surface area contributed by atoms with Crippen LogP contribution in [0.25, 0.3) is 10.9 Å². The van der Waals surface area contributed by atoms with Gasteiger partial charge in [0.15, 0.2) is 11.6 Å². The number of halogens is 4. The van der Waals surface area contributed by atoms with Gasteiger partial charge in [-0.25, -0.2) is 32.3 Å². The van der Waals surface area contributed by atoms with Gasteiger partial charge < -0.3 is 5.32 Å². The Bertz CT molecular complexity index is 1790. The fourth-order valence-electron chi connectivity index (χ4n) is 3.79. The Hall–Kier alpha value is -3.97. The zero-order chi connectivity index (χ0) is 26.4. The fraction of sp³-hybridized carbons (Fsp3) is 0.174. The lowest BCUT2D eigenvalue weighted by Gasteiger charge is -2.16. The van der Waals surface area contributed by atoms with Crippen molar-refractivity contribution >= 4 is 45.5 Å². The first-order valence-electron chi connectivity index (χ1n) is 10.7. The van der Waals surface area contributed by atoms with Crippen molar-refractivity contribution < 1.29 is 13.2 Å². The largest absolute Gasteiger partial charge is 0.355 e. The van der Waals surface area contributed by atoms with Crippen LogP contribution in [0.3, 0.4) is 0 Å². The number of hydrogen-bond donors (Lipinski definition) is 1. The summed E-state index contributed by atoms with van der Waals surface area (Å²) >= 11 is 7.73. The Balaban J connectivity index is 1.64. The number of fused-ring (bicyclic) bond motifs is 1. The van der Waals surface area contributed by atoms with Gasteiger partial charge >= 0.3 is 11.4 Å². The van der Waals surface area contributed by atoms with Crippen LogP contribution in [-0.2, 0) is 20.1 Å². The quantitative estimate of drug-likeness (QED) is 0.323. The molecule has 0 radical (unpaired) electrons. The molecule has 0 spiro atoms. The standard InChI is InChI=1S/C23H17ClF3N7O2S/c1-11-28-14(10-37-11)9-34-22(35)30-21(29-20-4-13-7-32(2)31-19(13)5-15(20)24)33(23(34)36)8-12-3-17(26)18(27)6-16(12)25/h3-7,10H,8-9H2,1-2H3,(H,29,30,35). The Morgan fingerprint density at radius 2 is 1.76 bits per heavy atom. The van der Waals surface area contributed by atoms with E-state index in [1.165, 1.54) is 11.3 Å². The molecule has 0 unspecified atom stereocenters. The number of aryl methyl sites for hydroxylation is 2. The van der Waals surface area contributed by atoms with Gasteiger partial charge in [0.25, 0.3) is 0 Å². The molecule has 0 saturated carbocycles. The summed E-state index contributed by atoms with van der Waals surface area (Å²) in [5.41, 5.74) is -0.717. The van der Waals surface area contributed by atoms with E-state index in [1.54, 1.807) is 42.4 Å². The summed E-state index contributed by atoms with van der Waals surface area (Å²) in [6, 6.07) is 4.26. The van der Waals surface area contributed by atoms with Crippen molar-refractivity contribution in [1.29, 1.82) is 0 Å². The minimum Gasteiger partial charge on any atom is -0.324 e. The lowest BCUT2D eigenvalue weighted by molar-refractivity contribution is 0.485. The molecule has 0 saturated heterocycles. The van der Waals surface area contributed by atoms with Gasteiger partial charge in [-0.15, -0.1) is 11.3 Å². The first kappa shape index (κ1) is 24.7. The topological polar surface area (TPSA) is 99.6 Å². The molecule has 0 aliphatic heterocycles. The predicted octanol–water partition coefficient (Wildman–Crippen LogP) is 3.97. The van der Waals surface area contributed by atoms with Crippen molar-refractivity contribution in [3.8, 4) is 0 Å². The Morgan fingerprint density at radius 1 is 1.00 bits per heavy atom. The van der Waals surface area contributed by atoms with Crippen LogP contribution in [0.2, 0.25) is 5.02 Å². The molecule has 3 heterocycles. The van der Waals surface area contributed by atoms with Crippen LogP contribution < -0.4 is 16.7 Å². The maximum absolute atomic E-state index is 14.5. The summed E-state index contributed by atoms with van der Waals surface area (Å²) in [5, 5.41) is 10.5. The van der Waals surface area contributed by atoms with Gasteiger partial charge in [-0.05, 0) is 25.1 Å². The van der Waals surface area contributed by atoms with Gasteiger partial charge in [-0.2, -0.15) is 10.1 Å². The third-order valence-electron chi connectivity index (χ3n) is 5.51. The zero-order valence-corrected chi connectivity index (χ0v) is 20.9. The third-order valence-corrected chi connectivity index (χ3v) is 6.64. The number of nitrogens with one attached hydrogen (secondary N) is 1. The number of anilines is 2. The summed E-state index contributed by atoms with van der Waals surface area (Å²) in [7, 11) is 1.74. The SMILES string of the molecule is Cc1nc(Cn2c(=O)nc(Nc3cc4cn(C)nc4cc3Cl)n(Cc3cc(F)c(F)cc3F)c2=O)cs1. The highest BCUT2D eigenvalue weighted by Crippen LogP contribution is 2.29. The molecule has 0 aliphatic carbocycles. The number of hydrogen-bond acceptors (Lipinski definition) is 7. The van der Waals surface area contributed by atoms with Gasteiger partial charge in [-0.1, -0.05) is 11.6 Å². The van der Waals surface area contributed by atoms with Crippen LogP contribution in [0.4, 0.5) is 24.8 Å². The molecule has 5 aromatic rings. The monoisotopic (exact) mass is 547 g/mol. The maximum Gasteiger partial charge on any atom is 0.355 e. The van der Waals surface area contributed by atoms with E-state index in [2.05, 4.69) is 20.4 Å². The minimum atomic E-state index is -1.37. The first-order chi connectivity index (χ1) is 17.6. The van der Waals surface area contributed by atoms with Crippen LogP contribution in [0.15, 0.2) is 45.4 Å². The molecule has 14 heteroatoms. The van der Waals surface area contributed by atoms with Crippen LogP contribution in [0, 0.1) is 24.4 Å². The van der Waals surface area contributed by atoms with Crippen molar-refractivity contribution in [3.63, 3.8) is 0 Å². The highest BCUT2D eigenvalue weighted by Gasteiger charge is 2.19. The molecule has 37 heavy (non-hydrogen) atoms. The molecule has 0 fully saturated rings. The third kappa shape index (κ3) is 4.87. The minimum absolute atomic E-state index is 0.183.